The maximum Gasteiger partial charge on any atom is 0.181 e. The number of oxazole rings is 1. The van der Waals surface area contributed by atoms with Crippen LogP contribution in [0.5, 0.6) is 0 Å². The summed E-state index contributed by atoms with van der Waals surface area (Å²) in [5.41, 5.74) is 4.32. The minimum Gasteiger partial charge on any atom is -0.443 e. The zero-order valence-corrected chi connectivity index (χ0v) is 8.27. The molecule has 2 aromatic rings. The molecule has 76 valence electrons. The van der Waals surface area contributed by atoms with Gasteiger partial charge in [-0.05, 0) is 29.7 Å². The van der Waals surface area contributed by atoms with Crippen molar-refractivity contribution >= 4 is 16.7 Å². The fourth-order valence-corrected chi connectivity index (χ4v) is 1.85. The minimum absolute atomic E-state index is 0.714. The van der Waals surface area contributed by atoms with Crippen LogP contribution < -0.4 is 0 Å². The molecular formula is C12H11NO2. The average molecular weight is 201 g/mol. The van der Waals surface area contributed by atoms with Crippen molar-refractivity contribution in [2.45, 2.75) is 6.42 Å². The first-order chi connectivity index (χ1) is 7.43. The molecule has 0 bridgehead atoms. The smallest absolute Gasteiger partial charge is 0.181 e. The van der Waals surface area contributed by atoms with Crippen LogP contribution in [0.4, 0.5) is 0 Å². The van der Waals surface area contributed by atoms with E-state index in [1.54, 1.807) is 0 Å². The van der Waals surface area contributed by atoms with Crippen LogP contribution in [-0.4, -0.2) is 18.2 Å². The Kier molecular flexibility index (Phi) is 2.03. The maximum absolute atomic E-state index is 5.28. The van der Waals surface area contributed by atoms with E-state index >= 15 is 0 Å². The molecule has 0 aliphatic carbocycles. The van der Waals surface area contributed by atoms with Crippen molar-refractivity contribution < 1.29 is 9.15 Å². The quantitative estimate of drug-likeness (QED) is 0.711. The standard InChI is InChI=1S/C12H11NO2/c1-2-12-11(13-8-15-12)7-10(1)9-3-5-14-6-4-9/h1-3,7-8H,4-6H2. The van der Waals surface area contributed by atoms with Gasteiger partial charge in [0.1, 0.15) is 5.52 Å². The number of benzene rings is 1. The molecule has 0 fully saturated rings. The fraction of sp³-hybridized carbons (Fsp3) is 0.250. The van der Waals surface area contributed by atoms with Gasteiger partial charge < -0.3 is 9.15 Å². The van der Waals surface area contributed by atoms with Crippen molar-refractivity contribution in [1.82, 2.24) is 4.98 Å². The zero-order chi connectivity index (χ0) is 10.1. The number of nitrogens with zero attached hydrogens (tertiary/aromatic N) is 1. The molecule has 3 heteroatoms. The Morgan fingerprint density at radius 2 is 2.27 bits per heavy atom. The van der Waals surface area contributed by atoms with Crippen LogP contribution >= 0.6 is 0 Å². The van der Waals surface area contributed by atoms with E-state index < -0.39 is 0 Å². The molecule has 3 rings (SSSR count). The van der Waals surface area contributed by atoms with Crippen LogP contribution in [-0.2, 0) is 4.74 Å². The molecule has 1 aliphatic heterocycles. The van der Waals surface area contributed by atoms with Crippen molar-refractivity contribution in [1.29, 1.82) is 0 Å². The highest BCUT2D eigenvalue weighted by Crippen LogP contribution is 2.24. The number of ether oxygens (including phenoxy) is 1. The first-order valence-corrected chi connectivity index (χ1v) is 5.04. The molecule has 2 heterocycles. The molecule has 0 saturated carbocycles. The van der Waals surface area contributed by atoms with Gasteiger partial charge in [-0.3, -0.25) is 0 Å². The summed E-state index contributed by atoms with van der Waals surface area (Å²) in [7, 11) is 0. The van der Waals surface area contributed by atoms with Gasteiger partial charge in [-0.2, -0.15) is 0 Å². The first kappa shape index (κ1) is 8.68. The largest absolute Gasteiger partial charge is 0.443 e. The van der Waals surface area contributed by atoms with Crippen LogP contribution in [0, 0.1) is 0 Å². The maximum atomic E-state index is 5.28. The van der Waals surface area contributed by atoms with Gasteiger partial charge in [0.25, 0.3) is 0 Å². The number of hydrogen-bond donors (Lipinski definition) is 0. The number of aromatic nitrogens is 1. The molecule has 1 aromatic carbocycles. The van der Waals surface area contributed by atoms with Crippen molar-refractivity contribution in [2.24, 2.45) is 0 Å². The molecule has 0 radical (unpaired) electrons. The molecule has 0 unspecified atom stereocenters. The van der Waals surface area contributed by atoms with Crippen molar-refractivity contribution in [3.63, 3.8) is 0 Å². The highest BCUT2D eigenvalue weighted by molar-refractivity contribution is 5.79. The van der Waals surface area contributed by atoms with Gasteiger partial charge in [0.05, 0.1) is 13.2 Å². The van der Waals surface area contributed by atoms with Gasteiger partial charge in [0.15, 0.2) is 12.0 Å². The monoisotopic (exact) mass is 201 g/mol. The van der Waals surface area contributed by atoms with Crippen molar-refractivity contribution in [2.75, 3.05) is 13.2 Å². The van der Waals surface area contributed by atoms with Gasteiger partial charge >= 0.3 is 0 Å². The molecule has 1 aromatic heterocycles. The van der Waals surface area contributed by atoms with Gasteiger partial charge in [-0.25, -0.2) is 4.98 Å². The lowest BCUT2D eigenvalue weighted by atomic mass is 10.0. The van der Waals surface area contributed by atoms with Crippen LogP contribution in [0.3, 0.4) is 0 Å². The van der Waals surface area contributed by atoms with Crippen molar-refractivity contribution in [3.05, 3.63) is 36.2 Å². The highest BCUT2D eigenvalue weighted by atomic mass is 16.5. The molecule has 0 spiro atoms. The summed E-state index contributed by atoms with van der Waals surface area (Å²) < 4.78 is 10.5. The predicted molar refractivity (Wildman–Crippen MR) is 57.4 cm³/mol. The van der Waals surface area contributed by atoms with E-state index in [1.807, 2.05) is 6.07 Å². The lowest BCUT2D eigenvalue weighted by Crippen LogP contribution is -2.03. The van der Waals surface area contributed by atoms with Crippen LogP contribution in [0.15, 0.2) is 35.1 Å². The predicted octanol–water partition coefficient (Wildman–Crippen LogP) is 2.63. The van der Waals surface area contributed by atoms with Gasteiger partial charge in [-0.1, -0.05) is 12.1 Å². The lowest BCUT2D eigenvalue weighted by Gasteiger charge is -2.13. The van der Waals surface area contributed by atoms with Crippen LogP contribution in [0.1, 0.15) is 12.0 Å². The molecule has 0 N–H and O–H groups in total. The van der Waals surface area contributed by atoms with Gasteiger partial charge in [0, 0.05) is 0 Å². The summed E-state index contributed by atoms with van der Waals surface area (Å²) in [6, 6.07) is 6.11. The second-order valence-electron chi connectivity index (χ2n) is 3.59. The molecule has 3 nitrogen and oxygen atoms in total. The third kappa shape index (κ3) is 1.55. The fourth-order valence-electron chi connectivity index (χ4n) is 1.85. The minimum atomic E-state index is 0.714. The Labute approximate surface area is 87.4 Å². The zero-order valence-electron chi connectivity index (χ0n) is 8.27. The summed E-state index contributed by atoms with van der Waals surface area (Å²) >= 11 is 0. The SMILES string of the molecule is C1=C(c2ccc3ocnc3c2)CCOC1. The Morgan fingerprint density at radius 3 is 3.13 bits per heavy atom. The van der Waals surface area contributed by atoms with Gasteiger partial charge in [-0.15, -0.1) is 0 Å². The van der Waals surface area contributed by atoms with Crippen LogP contribution in [0.25, 0.3) is 16.7 Å². The summed E-state index contributed by atoms with van der Waals surface area (Å²) in [6.45, 7) is 1.52. The summed E-state index contributed by atoms with van der Waals surface area (Å²) in [5.74, 6) is 0. The van der Waals surface area contributed by atoms with Gasteiger partial charge in [0.2, 0.25) is 0 Å². The molecule has 15 heavy (non-hydrogen) atoms. The van der Waals surface area contributed by atoms with E-state index in [9.17, 15) is 0 Å². The Bertz CT molecular complexity index is 513. The Balaban J connectivity index is 2.06. The summed E-state index contributed by atoms with van der Waals surface area (Å²) in [4.78, 5) is 4.15. The normalized spacial score (nSPS) is 16.7. The van der Waals surface area contributed by atoms with E-state index in [1.165, 1.54) is 17.5 Å². The van der Waals surface area contributed by atoms with E-state index in [4.69, 9.17) is 9.15 Å². The van der Waals surface area contributed by atoms with E-state index in [0.717, 1.165) is 24.1 Å². The van der Waals surface area contributed by atoms with E-state index in [2.05, 4.69) is 23.2 Å². The Morgan fingerprint density at radius 1 is 1.27 bits per heavy atom. The summed E-state index contributed by atoms with van der Waals surface area (Å²) in [6.07, 6.45) is 4.58. The number of hydrogen-bond acceptors (Lipinski definition) is 3. The second-order valence-corrected chi connectivity index (χ2v) is 3.59. The molecule has 1 aliphatic rings. The van der Waals surface area contributed by atoms with E-state index in [-0.39, 0.29) is 0 Å². The molecular weight excluding hydrogens is 190 g/mol. The van der Waals surface area contributed by atoms with Crippen molar-refractivity contribution in [3.8, 4) is 0 Å². The topological polar surface area (TPSA) is 35.3 Å². The first-order valence-electron chi connectivity index (χ1n) is 5.04. The molecule has 0 atom stereocenters. The van der Waals surface area contributed by atoms with E-state index in [0.29, 0.717) is 6.61 Å². The third-order valence-electron chi connectivity index (χ3n) is 2.66. The van der Waals surface area contributed by atoms with Crippen LogP contribution in [0.2, 0.25) is 0 Å². The number of rotatable bonds is 1. The lowest BCUT2D eigenvalue weighted by molar-refractivity contribution is 0.161. The average Bonchev–Trinajstić information content (AvgIpc) is 2.77. The highest BCUT2D eigenvalue weighted by Gasteiger charge is 2.07. The summed E-state index contributed by atoms with van der Waals surface area (Å²) in [5, 5.41) is 0. The second kappa shape index (κ2) is 3.51. The Hall–Kier alpha value is -1.61. The molecule has 0 amide bonds. The third-order valence-corrected chi connectivity index (χ3v) is 2.66. The molecule has 0 saturated heterocycles. The number of fused-ring (bicyclic) bond motifs is 1.